The molecule has 1 aromatic heterocycles. The number of aromatic amines is 1. The number of thioether (sulfide) groups is 1. The van der Waals surface area contributed by atoms with Gasteiger partial charge in [-0.2, -0.15) is 5.10 Å². The van der Waals surface area contributed by atoms with E-state index in [0.717, 1.165) is 10.0 Å². The molecule has 1 aromatic carbocycles. The van der Waals surface area contributed by atoms with Gasteiger partial charge in [0.05, 0.1) is 11.8 Å². The van der Waals surface area contributed by atoms with Crippen LogP contribution >= 0.6 is 27.7 Å². The highest BCUT2D eigenvalue weighted by atomic mass is 79.9. The van der Waals surface area contributed by atoms with Gasteiger partial charge in [-0.25, -0.2) is 4.98 Å². The van der Waals surface area contributed by atoms with Crippen LogP contribution < -0.4 is 5.32 Å². The van der Waals surface area contributed by atoms with Gasteiger partial charge in [-0.15, -0.1) is 0 Å². The molecular formula is C12H13BrN4OS. The predicted molar refractivity (Wildman–Crippen MR) is 77.8 cm³/mol. The SMILES string of the molecule is C[C@H](NC(=O)CSc1ncn[nH]1)c1ccccc1Br. The van der Waals surface area contributed by atoms with Gasteiger partial charge in [0.1, 0.15) is 6.33 Å². The van der Waals surface area contributed by atoms with E-state index in [0.29, 0.717) is 10.9 Å². The minimum Gasteiger partial charge on any atom is -0.349 e. The molecule has 2 aromatic rings. The maximum absolute atomic E-state index is 11.8. The number of benzene rings is 1. The molecule has 7 heteroatoms. The second-order valence-corrected chi connectivity index (χ2v) is 5.71. The number of nitrogens with zero attached hydrogens (tertiary/aromatic N) is 2. The van der Waals surface area contributed by atoms with E-state index in [1.165, 1.54) is 18.1 Å². The number of H-pyrrole nitrogens is 1. The molecule has 2 N–H and O–H groups in total. The number of halogens is 1. The topological polar surface area (TPSA) is 70.7 Å². The van der Waals surface area contributed by atoms with Gasteiger partial charge in [0.15, 0.2) is 5.16 Å². The van der Waals surface area contributed by atoms with Crippen molar-refractivity contribution in [3.8, 4) is 0 Å². The van der Waals surface area contributed by atoms with Crippen LogP contribution in [0.25, 0.3) is 0 Å². The second kappa shape index (κ2) is 6.72. The third-order valence-electron chi connectivity index (χ3n) is 2.48. The van der Waals surface area contributed by atoms with Gasteiger partial charge in [-0.1, -0.05) is 45.9 Å². The first-order valence-electron chi connectivity index (χ1n) is 5.69. The van der Waals surface area contributed by atoms with Crippen molar-refractivity contribution < 1.29 is 4.79 Å². The zero-order chi connectivity index (χ0) is 13.7. The van der Waals surface area contributed by atoms with Crippen LogP contribution in [-0.4, -0.2) is 26.8 Å². The lowest BCUT2D eigenvalue weighted by Gasteiger charge is -2.15. The van der Waals surface area contributed by atoms with Crippen LogP contribution in [-0.2, 0) is 4.79 Å². The molecule has 0 saturated carbocycles. The van der Waals surface area contributed by atoms with Crippen LogP contribution in [0.3, 0.4) is 0 Å². The van der Waals surface area contributed by atoms with Crippen molar-refractivity contribution in [1.29, 1.82) is 0 Å². The largest absolute Gasteiger partial charge is 0.349 e. The Morgan fingerprint density at radius 2 is 2.32 bits per heavy atom. The van der Waals surface area contributed by atoms with E-state index in [1.807, 2.05) is 31.2 Å². The van der Waals surface area contributed by atoms with Gasteiger partial charge < -0.3 is 5.32 Å². The highest BCUT2D eigenvalue weighted by molar-refractivity contribution is 9.10. The second-order valence-electron chi connectivity index (χ2n) is 3.89. The molecule has 2 rings (SSSR count). The Kier molecular flexibility index (Phi) is 4.98. The van der Waals surface area contributed by atoms with Crippen molar-refractivity contribution in [1.82, 2.24) is 20.5 Å². The average molecular weight is 341 g/mol. The number of amides is 1. The maximum Gasteiger partial charge on any atom is 0.230 e. The molecule has 1 heterocycles. The standard InChI is InChI=1S/C12H13BrN4OS/c1-8(9-4-2-3-5-10(9)13)16-11(18)6-19-12-14-7-15-17-12/h2-5,7-8H,6H2,1H3,(H,16,18)(H,14,15,17)/t8-/m0/s1. The fourth-order valence-electron chi connectivity index (χ4n) is 1.58. The van der Waals surface area contributed by atoms with Gasteiger partial charge >= 0.3 is 0 Å². The van der Waals surface area contributed by atoms with Crippen molar-refractivity contribution in [2.24, 2.45) is 0 Å². The van der Waals surface area contributed by atoms with E-state index in [-0.39, 0.29) is 11.9 Å². The third-order valence-corrected chi connectivity index (χ3v) is 4.08. The molecule has 19 heavy (non-hydrogen) atoms. The molecule has 1 amide bonds. The summed E-state index contributed by atoms with van der Waals surface area (Å²) in [6, 6.07) is 7.80. The Balaban J connectivity index is 1.87. The molecule has 0 radical (unpaired) electrons. The van der Waals surface area contributed by atoms with Gasteiger partial charge in [0.25, 0.3) is 0 Å². The molecular weight excluding hydrogens is 328 g/mol. The van der Waals surface area contributed by atoms with Crippen molar-refractivity contribution in [2.75, 3.05) is 5.75 Å². The van der Waals surface area contributed by atoms with Crippen LogP contribution in [0, 0.1) is 0 Å². The quantitative estimate of drug-likeness (QED) is 0.820. The lowest BCUT2D eigenvalue weighted by Crippen LogP contribution is -2.28. The minimum atomic E-state index is -0.0431. The molecule has 0 aliphatic carbocycles. The summed E-state index contributed by atoms with van der Waals surface area (Å²) in [5.41, 5.74) is 1.06. The number of carbonyl (C=O) groups is 1. The summed E-state index contributed by atoms with van der Waals surface area (Å²) in [6.45, 7) is 1.96. The molecule has 0 bridgehead atoms. The minimum absolute atomic E-state index is 0.0374. The van der Waals surface area contributed by atoms with Crippen molar-refractivity contribution in [3.05, 3.63) is 40.6 Å². The van der Waals surface area contributed by atoms with Crippen molar-refractivity contribution >= 4 is 33.6 Å². The summed E-state index contributed by atoms with van der Waals surface area (Å²) < 4.78 is 0.991. The van der Waals surface area contributed by atoms with Crippen LogP contribution in [0.15, 0.2) is 40.2 Å². The van der Waals surface area contributed by atoms with E-state index in [1.54, 1.807) is 0 Å². The van der Waals surface area contributed by atoms with Crippen molar-refractivity contribution in [2.45, 2.75) is 18.1 Å². The Morgan fingerprint density at radius 1 is 1.53 bits per heavy atom. The van der Waals surface area contributed by atoms with Crippen LogP contribution in [0.5, 0.6) is 0 Å². The molecule has 1 atom stereocenters. The zero-order valence-electron chi connectivity index (χ0n) is 10.3. The highest BCUT2D eigenvalue weighted by Gasteiger charge is 2.12. The average Bonchev–Trinajstić information content (AvgIpc) is 2.90. The number of hydrogen-bond donors (Lipinski definition) is 2. The van der Waals surface area contributed by atoms with Gasteiger partial charge in [0.2, 0.25) is 5.91 Å². The van der Waals surface area contributed by atoms with Crippen LogP contribution in [0.2, 0.25) is 0 Å². The zero-order valence-corrected chi connectivity index (χ0v) is 12.7. The lowest BCUT2D eigenvalue weighted by atomic mass is 10.1. The maximum atomic E-state index is 11.8. The Hall–Kier alpha value is -1.34. The van der Waals surface area contributed by atoms with Crippen LogP contribution in [0.4, 0.5) is 0 Å². The van der Waals surface area contributed by atoms with Gasteiger partial charge in [-0.05, 0) is 18.6 Å². The first-order valence-corrected chi connectivity index (χ1v) is 7.46. The monoisotopic (exact) mass is 340 g/mol. The number of nitrogens with one attached hydrogen (secondary N) is 2. The van der Waals surface area contributed by atoms with Gasteiger partial charge in [-0.3, -0.25) is 9.89 Å². The Morgan fingerprint density at radius 3 is 3.00 bits per heavy atom. The van der Waals surface area contributed by atoms with E-state index in [4.69, 9.17) is 0 Å². The first-order chi connectivity index (χ1) is 9.16. The molecule has 0 fully saturated rings. The van der Waals surface area contributed by atoms with E-state index in [2.05, 4.69) is 36.4 Å². The van der Waals surface area contributed by atoms with E-state index < -0.39 is 0 Å². The number of hydrogen-bond acceptors (Lipinski definition) is 4. The summed E-state index contributed by atoms with van der Waals surface area (Å²) >= 11 is 4.80. The fraction of sp³-hybridized carbons (Fsp3) is 0.250. The molecule has 100 valence electrons. The number of carbonyl (C=O) groups excluding carboxylic acids is 1. The van der Waals surface area contributed by atoms with E-state index in [9.17, 15) is 4.79 Å². The fourth-order valence-corrected chi connectivity index (χ4v) is 2.80. The summed E-state index contributed by atoms with van der Waals surface area (Å²) in [5, 5.41) is 10.0. The smallest absolute Gasteiger partial charge is 0.230 e. The highest BCUT2D eigenvalue weighted by Crippen LogP contribution is 2.22. The normalized spacial score (nSPS) is 12.1. The number of rotatable bonds is 5. The molecule has 0 aliphatic heterocycles. The summed E-state index contributed by atoms with van der Waals surface area (Å²) in [4.78, 5) is 15.8. The van der Waals surface area contributed by atoms with Crippen LogP contribution in [0.1, 0.15) is 18.5 Å². The van der Waals surface area contributed by atoms with Crippen molar-refractivity contribution in [3.63, 3.8) is 0 Å². The molecule has 0 unspecified atom stereocenters. The lowest BCUT2D eigenvalue weighted by molar-refractivity contribution is -0.119. The summed E-state index contributed by atoms with van der Waals surface area (Å²) in [6.07, 6.45) is 1.42. The third kappa shape index (κ3) is 4.07. The summed E-state index contributed by atoms with van der Waals surface area (Å²) in [5.74, 6) is 0.272. The molecule has 0 aliphatic rings. The van der Waals surface area contributed by atoms with E-state index >= 15 is 0 Å². The molecule has 0 saturated heterocycles. The summed E-state index contributed by atoms with van der Waals surface area (Å²) in [7, 11) is 0. The Labute approximate surface area is 123 Å². The predicted octanol–water partition coefficient (Wildman–Crippen LogP) is 2.54. The molecule has 5 nitrogen and oxygen atoms in total. The number of aromatic nitrogens is 3. The van der Waals surface area contributed by atoms with Gasteiger partial charge in [0, 0.05) is 4.47 Å². The Bertz CT molecular complexity index is 546. The molecule has 0 spiro atoms. The first kappa shape index (κ1) is 14.1.